The highest BCUT2D eigenvalue weighted by atomic mass is 79.9. The lowest BCUT2D eigenvalue weighted by Gasteiger charge is -2.29. The maximum absolute atomic E-state index is 12.9. The summed E-state index contributed by atoms with van der Waals surface area (Å²) in [5.41, 5.74) is 1.05. The molecule has 0 unspecified atom stereocenters. The number of alkyl halides is 3. The minimum absolute atomic E-state index is 0.0887. The predicted molar refractivity (Wildman–Crippen MR) is 87.7 cm³/mol. The van der Waals surface area contributed by atoms with Gasteiger partial charge < -0.3 is 4.74 Å². The second-order valence-corrected chi connectivity index (χ2v) is 10.9. The molecule has 1 aliphatic carbocycles. The highest BCUT2D eigenvalue weighted by molar-refractivity contribution is 9.10. The molecular weight excluding hydrogens is 373 g/mol. The van der Waals surface area contributed by atoms with Crippen LogP contribution in [0.2, 0.25) is 18.1 Å². The lowest BCUT2D eigenvalue weighted by atomic mass is 10.1. The average Bonchev–Trinajstić information content (AvgIpc) is 2.79. The van der Waals surface area contributed by atoms with Gasteiger partial charge in [-0.3, -0.25) is 0 Å². The molecule has 2 rings (SSSR count). The van der Waals surface area contributed by atoms with Gasteiger partial charge in [0.1, 0.15) is 0 Å². The SMILES string of the molecule is C[Si](C)C(C)(C)CO[C@H]1CCc2c1ccc(C(F)(F)F)c2Br. The van der Waals surface area contributed by atoms with Crippen molar-refractivity contribution in [2.45, 2.75) is 57.1 Å². The molecule has 0 aromatic heterocycles. The van der Waals surface area contributed by atoms with E-state index in [0.29, 0.717) is 13.0 Å². The molecule has 1 aromatic rings. The van der Waals surface area contributed by atoms with E-state index in [1.165, 1.54) is 0 Å². The Morgan fingerprint density at radius 1 is 1.27 bits per heavy atom. The van der Waals surface area contributed by atoms with Gasteiger partial charge in [-0.2, -0.15) is 13.2 Å². The average molecular weight is 394 g/mol. The molecular formula is C16H21BrF3OSi. The third-order valence-corrected chi connectivity index (χ3v) is 8.34. The van der Waals surface area contributed by atoms with Crippen LogP contribution in [0, 0.1) is 0 Å². The molecule has 0 aliphatic heterocycles. The maximum atomic E-state index is 12.9. The molecule has 123 valence electrons. The van der Waals surface area contributed by atoms with Crippen LogP contribution in [0.3, 0.4) is 0 Å². The number of halogens is 4. The van der Waals surface area contributed by atoms with Crippen molar-refractivity contribution in [1.29, 1.82) is 0 Å². The summed E-state index contributed by atoms with van der Waals surface area (Å²) in [7, 11) is -0.496. The zero-order chi connectivity index (χ0) is 16.7. The third kappa shape index (κ3) is 3.59. The summed E-state index contributed by atoms with van der Waals surface area (Å²) in [4.78, 5) is 0. The molecule has 0 saturated carbocycles. The summed E-state index contributed by atoms with van der Waals surface area (Å²) in [6.07, 6.45) is -3.03. The normalized spacial score (nSPS) is 18.9. The van der Waals surface area contributed by atoms with Gasteiger partial charge in [0.2, 0.25) is 0 Å². The lowest BCUT2D eigenvalue weighted by molar-refractivity contribution is -0.138. The van der Waals surface area contributed by atoms with E-state index in [-0.39, 0.29) is 15.6 Å². The first-order valence-corrected chi connectivity index (χ1v) is 10.6. The van der Waals surface area contributed by atoms with Gasteiger partial charge in [-0.15, -0.1) is 0 Å². The number of rotatable bonds is 4. The van der Waals surface area contributed by atoms with Gasteiger partial charge in [-0.1, -0.05) is 33.0 Å². The minimum Gasteiger partial charge on any atom is -0.373 e. The van der Waals surface area contributed by atoms with Gasteiger partial charge in [0.25, 0.3) is 0 Å². The zero-order valence-electron chi connectivity index (χ0n) is 13.3. The van der Waals surface area contributed by atoms with Gasteiger partial charge in [0, 0.05) is 11.1 Å². The predicted octanol–water partition coefficient (Wildman–Crippen LogP) is 6.01. The van der Waals surface area contributed by atoms with Gasteiger partial charge >= 0.3 is 6.18 Å². The molecule has 1 aromatic carbocycles. The molecule has 1 nitrogen and oxygen atoms in total. The van der Waals surface area contributed by atoms with Crippen molar-refractivity contribution in [2.75, 3.05) is 6.61 Å². The molecule has 6 heteroatoms. The standard InChI is InChI=1S/C16H21BrF3OSi/c1-15(2,22(3)4)9-21-13-8-6-11-10(13)5-7-12(14(11)17)16(18,19)20/h5,7,13H,6,8-9H2,1-4H3/t13-/m0/s1. The fraction of sp³-hybridized carbons (Fsp3) is 0.625. The lowest BCUT2D eigenvalue weighted by Crippen LogP contribution is -2.26. The van der Waals surface area contributed by atoms with Crippen LogP contribution in [0.15, 0.2) is 16.6 Å². The number of ether oxygens (including phenoxy) is 1. The quantitative estimate of drug-likeness (QED) is 0.569. The Morgan fingerprint density at radius 3 is 2.45 bits per heavy atom. The van der Waals surface area contributed by atoms with Gasteiger partial charge in [-0.25, -0.2) is 0 Å². The van der Waals surface area contributed by atoms with Crippen molar-refractivity contribution < 1.29 is 17.9 Å². The second-order valence-electron chi connectivity index (χ2n) is 6.71. The Hall–Kier alpha value is -0.333. The van der Waals surface area contributed by atoms with Crippen LogP contribution >= 0.6 is 15.9 Å². The van der Waals surface area contributed by atoms with Gasteiger partial charge in [0.15, 0.2) is 0 Å². The first-order chi connectivity index (χ1) is 10.0. The van der Waals surface area contributed by atoms with Crippen LogP contribution < -0.4 is 0 Å². The van der Waals surface area contributed by atoms with Gasteiger partial charge in [-0.05, 0) is 51.0 Å². The Bertz CT molecular complexity index is 555. The van der Waals surface area contributed by atoms with Gasteiger partial charge in [0.05, 0.1) is 20.5 Å². The molecule has 0 heterocycles. The number of hydrogen-bond donors (Lipinski definition) is 0. The molecule has 0 amide bonds. The first-order valence-electron chi connectivity index (χ1n) is 7.35. The van der Waals surface area contributed by atoms with Crippen LogP contribution in [0.4, 0.5) is 13.2 Å². The number of benzene rings is 1. The van der Waals surface area contributed by atoms with E-state index in [9.17, 15) is 13.2 Å². The van der Waals surface area contributed by atoms with Crippen molar-refractivity contribution in [3.05, 3.63) is 33.3 Å². The molecule has 22 heavy (non-hydrogen) atoms. The number of hydrogen-bond acceptors (Lipinski definition) is 1. The Labute approximate surface area is 140 Å². The summed E-state index contributed by atoms with van der Waals surface area (Å²) in [5, 5.41) is 0.149. The summed E-state index contributed by atoms with van der Waals surface area (Å²) >= 11 is 3.14. The maximum Gasteiger partial charge on any atom is 0.417 e. The van der Waals surface area contributed by atoms with Crippen LogP contribution in [0.1, 0.15) is 43.1 Å². The van der Waals surface area contributed by atoms with Crippen molar-refractivity contribution in [1.82, 2.24) is 0 Å². The smallest absolute Gasteiger partial charge is 0.373 e. The minimum atomic E-state index is -4.32. The fourth-order valence-corrected chi connectivity index (χ4v) is 3.62. The molecule has 1 atom stereocenters. The highest BCUT2D eigenvalue weighted by Gasteiger charge is 2.37. The monoisotopic (exact) mass is 393 g/mol. The second kappa shape index (κ2) is 6.28. The topological polar surface area (TPSA) is 9.23 Å². The first kappa shape index (κ1) is 18.0. The molecule has 1 aliphatic rings. The third-order valence-electron chi connectivity index (χ3n) is 4.59. The van der Waals surface area contributed by atoms with Crippen LogP contribution in [-0.2, 0) is 17.3 Å². The van der Waals surface area contributed by atoms with Crippen molar-refractivity contribution in [2.24, 2.45) is 0 Å². The summed E-state index contributed by atoms with van der Waals surface area (Å²) in [6.45, 7) is 9.54. The number of fused-ring (bicyclic) bond motifs is 1. The zero-order valence-corrected chi connectivity index (χ0v) is 15.9. The molecule has 0 fully saturated rings. The van der Waals surface area contributed by atoms with E-state index in [1.807, 2.05) is 0 Å². The fourth-order valence-electron chi connectivity index (χ4n) is 2.47. The Morgan fingerprint density at radius 2 is 1.91 bits per heavy atom. The van der Waals surface area contributed by atoms with E-state index in [1.54, 1.807) is 6.07 Å². The molecule has 1 radical (unpaired) electrons. The largest absolute Gasteiger partial charge is 0.417 e. The van der Waals surface area contributed by atoms with Crippen LogP contribution in [0.5, 0.6) is 0 Å². The Balaban J connectivity index is 2.19. The van der Waals surface area contributed by atoms with E-state index >= 15 is 0 Å². The molecule has 0 N–H and O–H groups in total. The van der Waals surface area contributed by atoms with E-state index in [2.05, 4.69) is 42.9 Å². The van der Waals surface area contributed by atoms with Crippen molar-refractivity contribution in [3.8, 4) is 0 Å². The summed E-state index contributed by atoms with van der Waals surface area (Å²) < 4.78 is 45.1. The molecule has 0 bridgehead atoms. The van der Waals surface area contributed by atoms with Crippen LogP contribution in [0.25, 0.3) is 0 Å². The van der Waals surface area contributed by atoms with E-state index < -0.39 is 20.5 Å². The van der Waals surface area contributed by atoms with Crippen molar-refractivity contribution in [3.63, 3.8) is 0 Å². The summed E-state index contributed by atoms with van der Waals surface area (Å²) in [6, 6.07) is 2.74. The van der Waals surface area contributed by atoms with Crippen LogP contribution in [-0.4, -0.2) is 15.4 Å². The molecule has 0 saturated heterocycles. The highest BCUT2D eigenvalue weighted by Crippen LogP contribution is 2.44. The Kier molecular flexibility index (Phi) is 5.14. The molecule has 0 spiro atoms. The van der Waals surface area contributed by atoms with E-state index in [4.69, 9.17) is 4.74 Å². The van der Waals surface area contributed by atoms with Crippen molar-refractivity contribution >= 4 is 24.7 Å². The van der Waals surface area contributed by atoms with E-state index in [0.717, 1.165) is 23.6 Å². The summed E-state index contributed by atoms with van der Waals surface area (Å²) in [5.74, 6) is 0.